The van der Waals surface area contributed by atoms with E-state index in [1.807, 2.05) is 0 Å². The van der Waals surface area contributed by atoms with Crippen molar-refractivity contribution in [3.63, 3.8) is 0 Å². The molecule has 1 aliphatic heterocycles. The first-order chi connectivity index (χ1) is 13.7. The Bertz CT molecular complexity index is 1040. The van der Waals surface area contributed by atoms with Gasteiger partial charge in [-0.25, -0.2) is 13.2 Å². The first-order valence-electron chi connectivity index (χ1n) is 8.89. The number of methoxy groups -OCH3 is 1. The van der Waals surface area contributed by atoms with Crippen molar-refractivity contribution in [1.82, 2.24) is 8.87 Å². The number of Topliss-reactive ketones (excluding diaryl/α,β-unsaturated/α-hetero) is 1. The number of carbonyl (C=O) groups is 2. The standard InChI is InChI=1S/C19H22N2O7S/c1-13(22)14-4-5-17(18(10-14)26-3)28-19(23)16-11-15(12-20(16)2)29(24,25)21-6-8-27-9-7-21/h4-5,10-12H,6-9H2,1-3H3. The lowest BCUT2D eigenvalue weighted by atomic mass is 10.1. The summed E-state index contributed by atoms with van der Waals surface area (Å²) < 4.78 is 44.1. The summed E-state index contributed by atoms with van der Waals surface area (Å²) in [5, 5.41) is 0. The molecule has 156 valence electrons. The van der Waals surface area contributed by atoms with Crippen LogP contribution in [0.3, 0.4) is 0 Å². The molecule has 9 nitrogen and oxygen atoms in total. The Balaban J connectivity index is 1.85. The number of aromatic nitrogens is 1. The van der Waals surface area contributed by atoms with E-state index in [9.17, 15) is 18.0 Å². The number of morpholine rings is 1. The number of carbonyl (C=O) groups excluding carboxylic acids is 2. The van der Waals surface area contributed by atoms with Crippen LogP contribution in [0.25, 0.3) is 0 Å². The van der Waals surface area contributed by atoms with E-state index in [4.69, 9.17) is 14.2 Å². The maximum Gasteiger partial charge on any atom is 0.360 e. The maximum atomic E-state index is 12.8. The molecule has 2 aromatic rings. The molecule has 0 atom stereocenters. The molecule has 1 aromatic heterocycles. The van der Waals surface area contributed by atoms with Gasteiger partial charge in [0, 0.05) is 31.9 Å². The molecule has 1 aliphatic rings. The minimum atomic E-state index is -3.74. The Morgan fingerprint density at radius 2 is 1.79 bits per heavy atom. The molecular weight excluding hydrogens is 400 g/mol. The lowest BCUT2D eigenvalue weighted by Crippen LogP contribution is -2.40. The topological polar surface area (TPSA) is 104 Å². The van der Waals surface area contributed by atoms with Gasteiger partial charge in [0.1, 0.15) is 10.6 Å². The predicted molar refractivity (Wildman–Crippen MR) is 103 cm³/mol. The van der Waals surface area contributed by atoms with Crippen LogP contribution >= 0.6 is 0 Å². The van der Waals surface area contributed by atoms with E-state index in [-0.39, 0.29) is 41.0 Å². The van der Waals surface area contributed by atoms with Crippen molar-refractivity contribution >= 4 is 21.8 Å². The van der Waals surface area contributed by atoms with Crippen molar-refractivity contribution in [2.75, 3.05) is 33.4 Å². The third-order valence-electron chi connectivity index (χ3n) is 4.57. The number of ether oxygens (including phenoxy) is 3. The highest BCUT2D eigenvalue weighted by Gasteiger charge is 2.29. The SMILES string of the molecule is COc1cc(C(C)=O)ccc1OC(=O)c1cc(S(=O)(=O)N2CCOCC2)cn1C. The fraction of sp³-hybridized carbons (Fsp3) is 0.368. The lowest BCUT2D eigenvalue weighted by Gasteiger charge is -2.25. The molecule has 1 aromatic carbocycles. The van der Waals surface area contributed by atoms with Crippen LogP contribution in [0.15, 0.2) is 35.4 Å². The van der Waals surface area contributed by atoms with Gasteiger partial charge in [-0.3, -0.25) is 4.79 Å². The normalized spacial score (nSPS) is 15.1. The Morgan fingerprint density at radius 3 is 2.41 bits per heavy atom. The van der Waals surface area contributed by atoms with E-state index in [0.29, 0.717) is 18.8 Å². The molecule has 0 radical (unpaired) electrons. The highest BCUT2D eigenvalue weighted by molar-refractivity contribution is 7.89. The Morgan fingerprint density at radius 1 is 1.10 bits per heavy atom. The van der Waals surface area contributed by atoms with Crippen LogP contribution in [-0.4, -0.2) is 62.5 Å². The summed E-state index contributed by atoms with van der Waals surface area (Å²) in [6.07, 6.45) is 1.37. The number of sulfonamides is 1. The van der Waals surface area contributed by atoms with Crippen LogP contribution in [0, 0.1) is 0 Å². The minimum absolute atomic E-state index is 0.00717. The zero-order chi connectivity index (χ0) is 21.2. The van der Waals surface area contributed by atoms with E-state index in [1.54, 1.807) is 7.05 Å². The molecule has 1 saturated heterocycles. The van der Waals surface area contributed by atoms with Gasteiger partial charge in [-0.1, -0.05) is 0 Å². The number of nitrogens with zero attached hydrogens (tertiary/aromatic N) is 2. The molecule has 2 heterocycles. The first-order valence-corrected chi connectivity index (χ1v) is 10.3. The number of hydrogen-bond donors (Lipinski definition) is 0. The number of aryl methyl sites for hydroxylation is 1. The smallest absolute Gasteiger partial charge is 0.360 e. The van der Waals surface area contributed by atoms with E-state index in [0.717, 1.165) is 0 Å². The quantitative estimate of drug-likeness (QED) is 0.394. The molecule has 3 rings (SSSR count). The Hall–Kier alpha value is -2.69. The van der Waals surface area contributed by atoms with Crippen molar-refractivity contribution in [3.05, 3.63) is 41.7 Å². The van der Waals surface area contributed by atoms with Crippen LogP contribution in [-0.2, 0) is 21.8 Å². The summed E-state index contributed by atoms with van der Waals surface area (Å²) in [6, 6.07) is 5.74. The van der Waals surface area contributed by atoms with E-state index >= 15 is 0 Å². The third kappa shape index (κ3) is 4.34. The van der Waals surface area contributed by atoms with Gasteiger partial charge < -0.3 is 18.8 Å². The number of rotatable bonds is 6. The molecule has 29 heavy (non-hydrogen) atoms. The fourth-order valence-electron chi connectivity index (χ4n) is 2.94. The average Bonchev–Trinajstić information content (AvgIpc) is 3.11. The van der Waals surface area contributed by atoms with Gasteiger partial charge in [-0.2, -0.15) is 4.31 Å². The molecular formula is C19H22N2O7S. The molecule has 0 bridgehead atoms. The molecule has 0 spiro atoms. The largest absolute Gasteiger partial charge is 0.493 e. The summed E-state index contributed by atoms with van der Waals surface area (Å²) in [4.78, 5) is 24.2. The van der Waals surface area contributed by atoms with Gasteiger partial charge in [-0.15, -0.1) is 0 Å². The summed E-state index contributed by atoms with van der Waals surface area (Å²) in [5.41, 5.74) is 0.480. The molecule has 0 unspecified atom stereocenters. The number of esters is 1. The van der Waals surface area contributed by atoms with Crippen molar-refractivity contribution in [2.24, 2.45) is 7.05 Å². The van der Waals surface area contributed by atoms with E-state index < -0.39 is 16.0 Å². The van der Waals surface area contributed by atoms with Gasteiger partial charge >= 0.3 is 5.97 Å². The maximum absolute atomic E-state index is 12.8. The van der Waals surface area contributed by atoms with Crippen LogP contribution < -0.4 is 9.47 Å². The number of benzene rings is 1. The zero-order valence-corrected chi connectivity index (χ0v) is 17.2. The van der Waals surface area contributed by atoms with Gasteiger partial charge in [0.25, 0.3) is 0 Å². The second kappa shape index (κ2) is 8.36. The van der Waals surface area contributed by atoms with Crippen molar-refractivity contribution in [3.8, 4) is 11.5 Å². The number of ketones is 1. The monoisotopic (exact) mass is 422 g/mol. The zero-order valence-electron chi connectivity index (χ0n) is 16.4. The highest BCUT2D eigenvalue weighted by Crippen LogP contribution is 2.29. The second-order valence-corrected chi connectivity index (χ2v) is 8.44. The summed E-state index contributed by atoms with van der Waals surface area (Å²) >= 11 is 0. The van der Waals surface area contributed by atoms with E-state index in [2.05, 4.69) is 0 Å². The van der Waals surface area contributed by atoms with Gasteiger partial charge in [0.15, 0.2) is 17.3 Å². The summed E-state index contributed by atoms with van der Waals surface area (Å²) in [7, 11) is -0.780. The Labute approximate surface area is 168 Å². The second-order valence-electron chi connectivity index (χ2n) is 6.50. The fourth-order valence-corrected chi connectivity index (χ4v) is 4.42. The van der Waals surface area contributed by atoms with E-state index in [1.165, 1.54) is 53.4 Å². The van der Waals surface area contributed by atoms with Crippen LogP contribution in [0.2, 0.25) is 0 Å². The first kappa shape index (κ1) is 21.0. The van der Waals surface area contributed by atoms with Crippen molar-refractivity contribution in [2.45, 2.75) is 11.8 Å². The Kier molecular flexibility index (Phi) is 6.06. The lowest BCUT2D eigenvalue weighted by molar-refractivity contribution is 0.0719. The van der Waals surface area contributed by atoms with Crippen LogP contribution in [0.5, 0.6) is 11.5 Å². The molecule has 0 amide bonds. The highest BCUT2D eigenvalue weighted by atomic mass is 32.2. The van der Waals surface area contributed by atoms with Crippen molar-refractivity contribution < 1.29 is 32.2 Å². The van der Waals surface area contributed by atoms with Gasteiger partial charge in [-0.05, 0) is 31.2 Å². The van der Waals surface area contributed by atoms with Gasteiger partial charge in [0.05, 0.1) is 20.3 Å². The molecule has 0 N–H and O–H groups in total. The van der Waals surface area contributed by atoms with Crippen LogP contribution in [0.4, 0.5) is 0 Å². The number of hydrogen-bond acceptors (Lipinski definition) is 7. The predicted octanol–water partition coefficient (Wildman–Crippen LogP) is 1.48. The summed E-state index contributed by atoms with van der Waals surface area (Å²) in [6.45, 7) is 2.60. The molecule has 0 aliphatic carbocycles. The van der Waals surface area contributed by atoms with Crippen molar-refractivity contribution in [1.29, 1.82) is 0 Å². The molecule has 0 saturated carbocycles. The van der Waals surface area contributed by atoms with Crippen LogP contribution in [0.1, 0.15) is 27.8 Å². The molecule has 1 fully saturated rings. The third-order valence-corrected chi connectivity index (χ3v) is 6.43. The van der Waals surface area contributed by atoms with Gasteiger partial charge in [0.2, 0.25) is 10.0 Å². The average molecular weight is 422 g/mol. The molecule has 10 heteroatoms. The summed E-state index contributed by atoms with van der Waals surface area (Å²) in [5.74, 6) is -0.547. The minimum Gasteiger partial charge on any atom is -0.493 e.